The lowest BCUT2D eigenvalue weighted by atomic mass is 9.95. The maximum atomic E-state index is 6.00. The molecule has 3 heteroatoms. The van der Waals surface area contributed by atoms with Crippen LogP contribution in [0.2, 0.25) is 0 Å². The van der Waals surface area contributed by atoms with Gasteiger partial charge in [0.25, 0.3) is 0 Å². The molecule has 0 radical (unpaired) electrons. The molecule has 2 N–H and O–H groups in total. The van der Waals surface area contributed by atoms with Crippen LogP contribution in [0, 0.1) is 0 Å². The molecule has 0 spiro atoms. The highest BCUT2D eigenvalue weighted by atomic mass is 16.5. The van der Waals surface area contributed by atoms with Gasteiger partial charge in [-0.05, 0) is 50.4 Å². The topological polar surface area (TPSA) is 38.5 Å². The SMILES string of the molecule is CCCN(CCc1ccc(OC)cc1)C(C)(CC)CN. The molecule has 0 saturated heterocycles. The summed E-state index contributed by atoms with van der Waals surface area (Å²) in [6, 6.07) is 8.35. The Hall–Kier alpha value is -1.06. The smallest absolute Gasteiger partial charge is 0.118 e. The minimum absolute atomic E-state index is 0.114. The molecule has 1 rings (SSSR count). The summed E-state index contributed by atoms with van der Waals surface area (Å²) >= 11 is 0. The van der Waals surface area contributed by atoms with Gasteiger partial charge < -0.3 is 10.5 Å². The van der Waals surface area contributed by atoms with Gasteiger partial charge >= 0.3 is 0 Å². The summed E-state index contributed by atoms with van der Waals surface area (Å²) in [6.07, 6.45) is 3.31. The lowest BCUT2D eigenvalue weighted by Gasteiger charge is -2.40. The van der Waals surface area contributed by atoms with Crippen molar-refractivity contribution in [3.05, 3.63) is 29.8 Å². The molecule has 1 aromatic carbocycles. The van der Waals surface area contributed by atoms with Crippen LogP contribution < -0.4 is 10.5 Å². The van der Waals surface area contributed by atoms with Gasteiger partial charge in [-0.25, -0.2) is 0 Å². The number of nitrogens with two attached hydrogens (primary N) is 1. The van der Waals surface area contributed by atoms with E-state index in [4.69, 9.17) is 10.5 Å². The Balaban J connectivity index is 2.66. The van der Waals surface area contributed by atoms with Crippen molar-refractivity contribution in [3.63, 3.8) is 0 Å². The number of methoxy groups -OCH3 is 1. The first-order valence-electron chi connectivity index (χ1n) is 7.67. The van der Waals surface area contributed by atoms with Crippen molar-refractivity contribution in [3.8, 4) is 5.75 Å². The summed E-state index contributed by atoms with van der Waals surface area (Å²) in [5.41, 5.74) is 7.46. The fourth-order valence-electron chi connectivity index (χ4n) is 2.47. The monoisotopic (exact) mass is 278 g/mol. The zero-order chi connectivity index (χ0) is 15.0. The number of nitrogens with zero attached hydrogens (tertiary/aromatic N) is 1. The molecule has 0 heterocycles. The maximum Gasteiger partial charge on any atom is 0.118 e. The molecule has 0 aliphatic heterocycles. The second-order valence-corrected chi connectivity index (χ2v) is 5.64. The summed E-state index contributed by atoms with van der Waals surface area (Å²) in [5, 5.41) is 0. The van der Waals surface area contributed by atoms with Gasteiger partial charge in [0.15, 0.2) is 0 Å². The van der Waals surface area contributed by atoms with Crippen molar-refractivity contribution in [2.75, 3.05) is 26.7 Å². The van der Waals surface area contributed by atoms with E-state index in [1.165, 1.54) is 5.56 Å². The van der Waals surface area contributed by atoms with E-state index in [2.05, 4.69) is 37.8 Å². The van der Waals surface area contributed by atoms with Crippen molar-refractivity contribution in [2.24, 2.45) is 5.73 Å². The van der Waals surface area contributed by atoms with E-state index >= 15 is 0 Å². The van der Waals surface area contributed by atoms with E-state index in [1.54, 1.807) is 7.11 Å². The van der Waals surface area contributed by atoms with Gasteiger partial charge in [0.05, 0.1) is 7.11 Å². The Bertz CT molecular complexity index is 371. The highest BCUT2D eigenvalue weighted by molar-refractivity contribution is 5.27. The molecule has 1 atom stereocenters. The average molecular weight is 278 g/mol. The predicted octanol–water partition coefficient (Wildman–Crippen LogP) is 3.08. The summed E-state index contributed by atoms with van der Waals surface area (Å²) < 4.78 is 5.20. The predicted molar refractivity (Wildman–Crippen MR) is 86.3 cm³/mol. The van der Waals surface area contributed by atoms with Crippen molar-refractivity contribution in [1.29, 1.82) is 0 Å². The molecular weight excluding hydrogens is 248 g/mol. The molecule has 3 nitrogen and oxygen atoms in total. The van der Waals surface area contributed by atoms with Crippen LogP contribution in [-0.4, -0.2) is 37.2 Å². The van der Waals surface area contributed by atoms with Gasteiger partial charge in [-0.3, -0.25) is 4.90 Å². The van der Waals surface area contributed by atoms with Crippen LogP contribution in [0.15, 0.2) is 24.3 Å². The van der Waals surface area contributed by atoms with Crippen molar-refractivity contribution in [1.82, 2.24) is 4.90 Å². The lowest BCUT2D eigenvalue weighted by Crippen LogP contribution is -2.52. The van der Waals surface area contributed by atoms with Crippen LogP contribution in [0.1, 0.15) is 39.2 Å². The Morgan fingerprint density at radius 1 is 1.15 bits per heavy atom. The lowest BCUT2D eigenvalue weighted by molar-refractivity contribution is 0.107. The van der Waals surface area contributed by atoms with Crippen LogP contribution in [0.4, 0.5) is 0 Å². The van der Waals surface area contributed by atoms with E-state index < -0.39 is 0 Å². The van der Waals surface area contributed by atoms with Gasteiger partial charge in [0.2, 0.25) is 0 Å². The van der Waals surface area contributed by atoms with Crippen molar-refractivity contribution in [2.45, 2.75) is 45.6 Å². The molecule has 0 aromatic heterocycles. The normalized spacial score (nSPS) is 14.3. The van der Waals surface area contributed by atoms with E-state index in [-0.39, 0.29) is 5.54 Å². The molecule has 1 unspecified atom stereocenters. The van der Waals surface area contributed by atoms with Crippen molar-refractivity contribution < 1.29 is 4.74 Å². The molecule has 0 aliphatic rings. The molecule has 0 amide bonds. The molecule has 0 fully saturated rings. The second kappa shape index (κ2) is 8.28. The van der Waals surface area contributed by atoms with Crippen LogP contribution >= 0.6 is 0 Å². The first-order chi connectivity index (χ1) is 9.59. The Morgan fingerprint density at radius 2 is 1.80 bits per heavy atom. The second-order valence-electron chi connectivity index (χ2n) is 5.64. The van der Waals surface area contributed by atoms with E-state index in [1.807, 2.05) is 12.1 Å². The highest BCUT2D eigenvalue weighted by Gasteiger charge is 2.27. The van der Waals surface area contributed by atoms with Gasteiger partial charge in [0.1, 0.15) is 5.75 Å². The largest absolute Gasteiger partial charge is 0.497 e. The minimum Gasteiger partial charge on any atom is -0.497 e. The molecule has 0 bridgehead atoms. The summed E-state index contributed by atoms with van der Waals surface area (Å²) in [7, 11) is 1.70. The minimum atomic E-state index is 0.114. The number of hydrogen-bond acceptors (Lipinski definition) is 3. The van der Waals surface area contributed by atoms with Gasteiger partial charge in [-0.2, -0.15) is 0 Å². The third-order valence-electron chi connectivity index (χ3n) is 4.29. The first kappa shape index (κ1) is 17.0. The molecular formula is C17H30N2O. The quantitative estimate of drug-likeness (QED) is 0.754. The van der Waals surface area contributed by atoms with Crippen LogP contribution in [0.5, 0.6) is 5.75 Å². The first-order valence-corrected chi connectivity index (χ1v) is 7.67. The van der Waals surface area contributed by atoms with Crippen LogP contribution in [0.25, 0.3) is 0 Å². The number of benzene rings is 1. The number of hydrogen-bond donors (Lipinski definition) is 1. The van der Waals surface area contributed by atoms with E-state index in [0.717, 1.165) is 38.1 Å². The summed E-state index contributed by atoms with van der Waals surface area (Å²) in [4.78, 5) is 2.54. The van der Waals surface area contributed by atoms with Gasteiger partial charge in [-0.15, -0.1) is 0 Å². The molecule has 1 aromatic rings. The zero-order valence-electron chi connectivity index (χ0n) is 13.5. The van der Waals surface area contributed by atoms with Gasteiger partial charge in [-0.1, -0.05) is 26.0 Å². The number of rotatable bonds is 9. The van der Waals surface area contributed by atoms with Crippen LogP contribution in [0.3, 0.4) is 0 Å². The van der Waals surface area contributed by atoms with Crippen molar-refractivity contribution >= 4 is 0 Å². The zero-order valence-corrected chi connectivity index (χ0v) is 13.5. The maximum absolute atomic E-state index is 6.00. The van der Waals surface area contributed by atoms with E-state index in [0.29, 0.717) is 6.54 Å². The third kappa shape index (κ3) is 4.50. The molecule has 20 heavy (non-hydrogen) atoms. The van der Waals surface area contributed by atoms with Gasteiger partial charge in [0, 0.05) is 18.6 Å². The summed E-state index contributed by atoms with van der Waals surface area (Å²) in [6.45, 7) is 9.61. The number of ether oxygens (including phenoxy) is 1. The Morgan fingerprint density at radius 3 is 2.25 bits per heavy atom. The van der Waals surface area contributed by atoms with Crippen LogP contribution in [-0.2, 0) is 6.42 Å². The Kier molecular flexibility index (Phi) is 7.03. The third-order valence-corrected chi connectivity index (χ3v) is 4.29. The average Bonchev–Trinajstić information content (AvgIpc) is 2.51. The standard InChI is InChI=1S/C17H30N2O/c1-5-12-19(17(3,6-2)14-18)13-11-15-7-9-16(20-4)10-8-15/h7-10H,5-6,11-14,18H2,1-4H3. The summed E-state index contributed by atoms with van der Waals surface area (Å²) in [5.74, 6) is 0.916. The van der Waals surface area contributed by atoms with E-state index in [9.17, 15) is 0 Å². The molecule has 114 valence electrons. The Labute approximate surface area is 124 Å². The molecule has 0 saturated carbocycles. The molecule has 0 aliphatic carbocycles. The fraction of sp³-hybridized carbons (Fsp3) is 0.647. The highest BCUT2D eigenvalue weighted by Crippen LogP contribution is 2.20. The fourth-order valence-corrected chi connectivity index (χ4v) is 2.47.